The van der Waals surface area contributed by atoms with Gasteiger partial charge in [-0.1, -0.05) is 19.1 Å². The monoisotopic (exact) mass is 291 g/mol. The number of benzene rings is 1. The lowest BCUT2D eigenvalue weighted by Crippen LogP contribution is -2.39. The fourth-order valence-electron chi connectivity index (χ4n) is 1.85. The van der Waals surface area contributed by atoms with E-state index in [1.807, 2.05) is 32.0 Å². The van der Waals surface area contributed by atoms with Crippen molar-refractivity contribution in [2.45, 2.75) is 26.3 Å². The molecular formula is C16H25N3O2. The lowest BCUT2D eigenvalue weighted by atomic mass is 10.0. The molecule has 0 heterocycles. The van der Waals surface area contributed by atoms with Crippen molar-refractivity contribution in [1.29, 1.82) is 0 Å². The highest BCUT2D eigenvalue weighted by atomic mass is 16.2. The van der Waals surface area contributed by atoms with E-state index in [0.717, 1.165) is 5.56 Å². The van der Waals surface area contributed by atoms with E-state index in [1.165, 1.54) is 0 Å². The molecule has 0 aromatic heterocycles. The van der Waals surface area contributed by atoms with Crippen LogP contribution in [-0.4, -0.2) is 43.4 Å². The molecule has 5 heteroatoms. The van der Waals surface area contributed by atoms with Gasteiger partial charge in [-0.25, -0.2) is 0 Å². The predicted octanol–water partition coefficient (Wildman–Crippen LogP) is 1.03. The summed E-state index contributed by atoms with van der Waals surface area (Å²) in [6.45, 7) is 4.17. The molecule has 1 aromatic carbocycles. The van der Waals surface area contributed by atoms with Crippen LogP contribution in [0.2, 0.25) is 0 Å². The van der Waals surface area contributed by atoms with Crippen molar-refractivity contribution in [2.75, 3.05) is 20.6 Å². The van der Waals surface area contributed by atoms with Gasteiger partial charge in [0.2, 0.25) is 5.91 Å². The molecular weight excluding hydrogens is 266 g/mol. The van der Waals surface area contributed by atoms with Crippen molar-refractivity contribution in [3.05, 3.63) is 35.4 Å². The highest BCUT2D eigenvalue weighted by molar-refractivity contribution is 5.94. The van der Waals surface area contributed by atoms with Gasteiger partial charge in [0, 0.05) is 38.2 Å². The molecule has 1 aromatic rings. The van der Waals surface area contributed by atoms with Crippen LogP contribution in [0, 0.1) is 5.92 Å². The molecule has 0 saturated carbocycles. The fraction of sp³-hybridized carbons (Fsp3) is 0.500. The second-order valence-electron chi connectivity index (χ2n) is 5.59. The Morgan fingerprint density at radius 3 is 2.52 bits per heavy atom. The average molecular weight is 291 g/mol. The Morgan fingerprint density at radius 1 is 1.29 bits per heavy atom. The molecule has 3 N–H and O–H groups in total. The molecule has 0 bridgehead atoms. The third-order valence-corrected chi connectivity index (χ3v) is 3.50. The summed E-state index contributed by atoms with van der Waals surface area (Å²) in [6, 6.07) is 7.31. The van der Waals surface area contributed by atoms with Crippen LogP contribution < -0.4 is 11.1 Å². The summed E-state index contributed by atoms with van der Waals surface area (Å²) in [5.74, 6) is -0.261. The van der Waals surface area contributed by atoms with Crippen LogP contribution in [0.15, 0.2) is 24.3 Å². The van der Waals surface area contributed by atoms with E-state index in [1.54, 1.807) is 25.1 Å². The summed E-state index contributed by atoms with van der Waals surface area (Å²) in [5, 5.41) is 2.87. The number of hydrogen-bond donors (Lipinski definition) is 2. The van der Waals surface area contributed by atoms with Crippen molar-refractivity contribution in [3.63, 3.8) is 0 Å². The minimum absolute atomic E-state index is 0.0218. The molecule has 0 spiro atoms. The SMILES string of the molecule is CC(N)C(C)C(=O)NCCc1cccc(C(=O)N(C)C)c1. The number of nitrogens with zero attached hydrogens (tertiary/aromatic N) is 1. The molecule has 116 valence electrons. The first kappa shape index (κ1) is 17.2. The van der Waals surface area contributed by atoms with Gasteiger partial charge < -0.3 is 16.0 Å². The summed E-state index contributed by atoms with van der Waals surface area (Å²) < 4.78 is 0. The zero-order chi connectivity index (χ0) is 16.0. The van der Waals surface area contributed by atoms with E-state index < -0.39 is 0 Å². The van der Waals surface area contributed by atoms with Crippen molar-refractivity contribution in [2.24, 2.45) is 11.7 Å². The van der Waals surface area contributed by atoms with Gasteiger partial charge in [-0.15, -0.1) is 0 Å². The molecule has 1 rings (SSSR count). The van der Waals surface area contributed by atoms with Gasteiger partial charge >= 0.3 is 0 Å². The van der Waals surface area contributed by atoms with Crippen LogP contribution in [0.25, 0.3) is 0 Å². The average Bonchev–Trinajstić information content (AvgIpc) is 2.45. The first-order valence-electron chi connectivity index (χ1n) is 7.16. The van der Waals surface area contributed by atoms with Crippen molar-refractivity contribution >= 4 is 11.8 Å². The fourth-order valence-corrected chi connectivity index (χ4v) is 1.85. The number of hydrogen-bond acceptors (Lipinski definition) is 3. The first-order chi connectivity index (χ1) is 9.82. The molecule has 2 unspecified atom stereocenters. The van der Waals surface area contributed by atoms with Crippen LogP contribution >= 0.6 is 0 Å². The molecule has 21 heavy (non-hydrogen) atoms. The molecule has 2 atom stereocenters. The van der Waals surface area contributed by atoms with E-state index in [-0.39, 0.29) is 23.8 Å². The van der Waals surface area contributed by atoms with Gasteiger partial charge in [-0.3, -0.25) is 9.59 Å². The van der Waals surface area contributed by atoms with Crippen LogP contribution in [0.3, 0.4) is 0 Å². The Kier molecular flexibility index (Phi) is 6.37. The highest BCUT2D eigenvalue weighted by Gasteiger charge is 2.16. The maximum atomic E-state index is 11.9. The van der Waals surface area contributed by atoms with Gasteiger partial charge in [-0.05, 0) is 31.0 Å². The number of rotatable bonds is 6. The standard InChI is InChI=1S/C16H25N3O2/c1-11(12(2)17)15(20)18-9-8-13-6-5-7-14(10-13)16(21)19(3)4/h5-7,10-12H,8-9,17H2,1-4H3,(H,18,20). The van der Waals surface area contributed by atoms with Gasteiger partial charge in [0.1, 0.15) is 0 Å². The van der Waals surface area contributed by atoms with E-state index in [4.69, 9.17) is 5.73 Å². The van der Waals surface area contributed by atoms with Crippen molar-refractivity contribution in [1.82, 2.24) is 10.2 Å². The Morgan fingerprint density at radius 2 is 1.95 bits per heavy atom. The van der Waals surface area contributed by atoms with Crippen LogP contribution in [0.4, 0.5) is 0 Å². The van der Waals surface area contributed by atoms with Gasteiger partial charge in [-0.2, -0.15) is 0 Å². The third kappa shape index (κ3) is 5.19. The topological polar surface area (TPSA) is 75.4 Å². The van der Waals surface area contributed by atoms with E-state index in [0.29, 0.717) is 18.5 Å². The lowest BCUT2D eigenvalue weighted by molar-refractivity contribution is -0.124. The van der Waals surface area contributed by atoms with Crippen molar-refractivity contribution < 1.29 is 9.59 Å². The first-order valence-corrected chi connectivity index (χ1v) is 7.16. The number of nitrogens with two attached hydrogens (primary N) is 1. The normalized spacial score (nSPS) is 13.4. The van der Waals surface area contributed by atoms with Crippen molar-refractivity contribution in [3.8, 4) is 0 Å². The largest absolute Gasteiger partial charge is 0.355 e. The lowest BCUT2D eigenvalue weighted by Gasteiger charge is -2.15. The zero-order valence-corrected chi connectivity index (χ0v) is 13.2. The Hall–Kier alpha value is -1.88. The summed E-state index contributed by atoms with van der Waals surface area (Å²) in [7, 11) is 3.45. The molecule has 0 saturated heterocycles. The van der Waals surface area contributed by atoms with E-state index >= 15 is 0 Å². The second-order valence-corrected chi connectivity index (χ2v) is 5.59. The van der Waals surface area contributed by atoms with E-state index in [9.17, 15) is 9.59 Å². The summed E-state index contributed by atoms with van der Waals surface area (Å²) in [6.07, 6.45) is 0.686. The smallest absolute Gasteiger partial charge is 0.253 e. The minimum atomic E-state index is -0.202. The number of amides is 2. The Bertz CT molecular complexity index is 498. The third-order valence-electron chi connectivity index (χ3n) is 3.50. The Balaban J connectivity index is 2.55. The van der Waals surface area contributed by atoms with Crippen LogP contribution in [-0.2, 0) is 11.2 Å². The zero-order valence-electron chi connectivity index (χ0n) is 13.2. The summed E-state index contributed by atoms with van der Waals surface area (Å²) in [5.41, 5.74) is 7.38. The van der Waals surface area contributed by atoms with Crippen LogP contribution in [0.1, 0.15) is 29.8 Å². The molecule has 0 radical (unpaired) electrons. The quantitative estimate of drug-likeness (QED) is 0.822. The number of carbonyl (C=O) groups excluding carboxylic acids is 2. The Labute approximate surface area is 126 Å². The molecule has 0 aliphatic rings. The van der Waals surface area contributed by atoms with Gasteiger partial charge in [0.25, 0.3) is 5.91 Å². The predicted molar refractivity (Wildman–Crippen MR) is 84.0 cm³/mol. The summed E-state index contributed by atoms with van der Waals surface area (Å²) in [4.78, 5) is 25.2. The number of nitrogens with one attached hydrogen (secondary N) is 1. The molecule has 5 nitrogen and oxygen atoms in total. The molecule has 0 aliphatic carbocycles. The maximum absolute atomic E-state index is 11.9. The molecule has 0 fully saturated rings. The maximum Gasteiger partial charge on any atom is 0.253 e. The molecule has 2 amide bonds. The molecule has 0 aliphatic heterocycles. The van der Waals surface area contributed by atoms with Crippen LogP contribution in [0.5, 0.6) is 0 Å². The number of carbonyl (C=O) groups is 2. The van der Waals surface area contributed by atoms with Gasteiger partial charge in [0.05, 0.1) is 0 Å². The highest BCUT2D eigenvalue weighted by Crippen LogP contribution is 2.08. The van der Waals surface area contributed by atoms with E-state index in [2.05, 4.69) is 5.32 Å². The van der Waals surface area contributed by atoms with Gasteiger partial charge in [0.15, 0.2) is 0 Å². The summed E-state index contributed by atoms with van der Waals surface area (Å²) >= 11 is 0. The minimum Gasteiger partial charge on any atom is -0.355 e. The second kappa shape index (κ2) is 7.78.